The van der Waals surface area contributed by atoms with Crippen LogP contribution in [0.5, 0.6) is 0 Å². The molecular weight excluding hydrogens is 258 g/mol. The molecule has 5 heteroatoms. The van der Waals surface area contributed by atoms with Crippen LogP contribution in [0, 0.1) is 0 Å². The number of pyridine rings is 1. The average Bonchev–Trinajstić information content (AvgIpc) is 2.94. The molecule has 1 unspecified atom stereocenters. The fourth-order valence-electron chi connectivity index (χ4n) is 1.85. The minimum Gasteiger partial charge on any atom is -0.475 e. The molecule has 0 aliphatic carbocycles. The number of hydrogen-bond acceptors (Lipinski definition) is 4. The summed E-state index contributed by atoms with van der Waals surface area (Å²) >= 11 is 0. The highest BCUT2D eigenvalue weighted by Gasteiger charge is 2.14. The first-order valence-corrected chi connectivity index (χ1v) is 6.50. The maximum Gasteiger partial charge on any atom is 0.371 e. The SMILES string of the molecule is CC(OCCCc1ccncc1)c1ccc(C(=O)O)o1. The summed E-state index contributed by atoms with van der Waals surface area (Å²) in [6.07, 6.45) is 5.11. The van der Waals surface area contributed by atoms with Crippen molar-refractivity contribution in [1.82, 2.24) is 4.98 Å². The van der Waals surface area contributed by atoms with Crippen molar-refractivity contribution in [3.63, 3.8) is 0 Å². The minimum atomic E-state index is -1.07. The summed E-state index contributed by atoms with van der Waals surface area (Å²) in [5.41, 5.74) is 1.22. The highest BCUT2D eigenvalue weighted by molar-refractivity contribution is 5.84. The summed E-state index contributed by atoms with van der Waals surface area (Å²) in [6.45, 7) is 2.43. The quantitative estimate of drug-likeness (QED) is 0.786. The second kappa shape index (κ2) is 6.86. The summed E-state index contributed by atoms with van der Waals surface area (Å²) in [7, 11) is 0. The van der Waals surface area contributed by atoms with Crippen LogP contribution in [-0.2, 0) is 11.2 Å². The van der Waals surface area contributed by atoms with Crippen LogP contribution >= 0.6 is 0 Å². The highest BCUT2D eigenvalue weighted by atomic mass is 16.5. The van der Waals surface area contributed by atoms with Crippen molar-refractivity contribution in [3.05, 3.63) is 53.7 Å². The lowest BCUT2D eigenvalue weighted by Crippen LogP contribution is -2.02. The van der Waals surface area contributed by atoms with Crippen LogP contribution in [0.15, 0.2) is 41.1 Å². The van der Waals surface area contributed by atoms with E-state index < -0.39 is 5.97 Å². The molecule has 0 radical (unpaired) electrons. The van der Waals surface area contributed by atoms with Crippen molar-refractivity contribution < 1.29 is 19.1 Å². The molecule has 106 valence electrons. The van der Waals surface area contributed by atoms with Gasteiger partial charge in [-0.15, -0.1) is 0 Å². The third kappa shape index (κ3) is 3.93. The van der Waals surface area contributed by atoms with Crippen LogP contribution < -0.4 is 0 Å². The van der Waals surface area contributed by atoms with E-state index in [9.17, 15) is 4.79 Å². The number of rotatable bonds is 7. The highest BCUT2D eigenvalue weighted by Crippen LogP contribution is 2.20. The van der Waals surface area contributed by atoms with Crippen LogP contribution in [0.1, 0.15) is 41.3 Å². The van der Waals surface area contributed by atoms with Gasteiger partial charge in [-0.25, -0.2) is 4.79 Å². The number of aryl methyl sites for hydroxylation is 1. The van der Waals surface area contributed by atoms with Gasteiger partial charge in [-0.2, -0.15) is 0 Å². The molecule has 0 saturated carbocycles. The summed E-state index contributed by atoms with van der Waals surface area (Å²) in [6, 6.07) is 7.04. The van der Waals surface area contributed by atoms with Crippen molar-refractivity contribution in [3.8, 4) is 0 Å². The summed E-state index contributed by atoms with van der Waals surface area (Å²) in [5.74, 6) is -0.598. The zero-order chi connectivity index (χ0) is 14.4. The maximum absolute atomic E-state index is 10.7. The Bertz CT molecular complexity index is 550. The topological polar surface area (TPSA) is 72.6 Å². The van der Waals surface area contributed by atoms with Gasteiger partial charge in [-0.3, -0.25) is 4.98 Å². The molecule has 0 aliphatic rings. The molecule has 0 saturated heterocycles. The maximum atomic E-state index is 10.7. The van der Waals surface area contributed by atoms with Crippen molar-refractivity contribution in [1.29, 1.82) is 0 Å². The van der Waals surface area contributed by atoms with Gasteiger partial charge in [0.05, 0.1) is 0 Å². The molecule has 0 bridgehead atoms. The lowest BCUT2D eigenvalue weighted by atomic mass is 10.1. The molecule has 0 amide bonds. The fraction of sp³-hybridized carbons (Fsp3) is 0.333. The average molecular weight is 275 g/mol. The van der Waals surface area contributed by atoms with Gasteiger partial charge in [0, 0.05) is 19.0 Å². The molecule has 2 aromatic rings. The Balaban J connectivity index is 1.74. The third-order valence-corrected chi connectivity index (χ3v) is 2.97. The number of ether oxygens (including phenoxy) is 1. The van der Waals surface area contributed by atoms with E-state index >= 15 is 0 Å². The predicted molar refractivity (Wildman–Crippen MR) is 72.6 cm³/mol. The van der Waals surface area contributed by atoms with Gasteiger partial charge in [-0.05, 0) is 49.6 Å². The molecular formula is C15H17NO4. The summed E-state index contributed by atoms with van der Waals surface area (Å²) in [5, 5.41) is 8.78. The van der Waals surface area contributed by atoms with Gasteiger partial charge in [0.25, 0.3) is 0 Å². The molecule has 0 aromatic carbocycles. The molecule has 5 nitrogen and oxygen atoms in total. The zero-order valence-electron chi connectivity index (χ0n) is 11.3. The number of carbonyl (C=O) groups is 1. The van der Waals surface area contributed by atoms with Crippen molar-refractivity contribution >= 4 is 5.97 Å². The fourth-order valence-corrected chi connectivity index (χ4v) is 1.85. The number of nitrogens with zero attached hydrogens (tertiary/aromatic N) is 1. The number of aromatic carboxylic acids is 1. The van der Waals surface area contributed by atoms with Crippen LogP contribution in [0.3, 0.4) is 0 Å². The van der Waals surface area contributed by atoms with Gasteiger partial charge in [-0.1, -0.05) is 0 Å². The Morgan fingerprint density at radius 1 is 1.35 bits per heavy atom. The molecule has 1 N–H and O–H groups in total. The Kier molecular flexibility index (Phi) is 4.90. The second-order valence-electron chi connectivity index (χ2n) is 4.48. The molecule has 2 rings (SSSR count). The lowest BCUT2D eigenvalue weighted by Gasteiger charge is -2.10. The minimum absolute atomic E-state index is 0.0627. The molecule has 0 fully saturated rings. The lowest BCUT2D eigenvalue weighted by molar-refractivity contribution is 0.0461. The Morgan fingerprint density at radius 3 is 2.75 bits per heavy atom. The number of carboxylic acids is 1. The van der Waals surface area contributed by atoms with E-state index in [0.717, 1.165) is 12.8 Å². The largest absolute Gasteiger partial charge is 0.475 e. The molecule has 0 spiro atoms. The normalized spacial score (nSPS) is 12.2. The van der Waals surface area contributed by atoms with E-state index in [1.807, 2.05) is 19.1 Å². The third-order valence-electron chi connectivity index (χ3n) is 2.97. The molecule has 2 aromatic heterocycles. The number of furan rings is 1. The number of carboxylic acid groups (broad SMARTS) is 1. The second-order valence-corrected chi connectivity index (χ2v) is 4.48. The Morgan fingerprint density at radius 2 is 2.10 bits per heavy atom. The van der Waals surface area contributed by atoms with Gasteiger partial charge in [0.1, 0.15) is 11.9 Å². The standard InChI is InChI=1S/C15H17NO4/c1-11(13-4-5-14(20-13)15(17)18)19-10-2-3-12-6-8-16-9-7-12/h4-9,11H,2-3,10H2,1H3,(H,17,18). The van der Waals surface area contributed by atoms with E-state index in [2.05, 4.69) is 4.98 Å². The van der Waals surface area contributed by atoms with Crippen LogP contribution in [0.2, 0.25) is 0 Å². The molecule has 20 heavy (non-hydrogen) atoms. The number of hydrogen-bond donors (Lipinski definition) is 1. The van der Waals surface area contributed by atoms with E-state index in [1.165, 1.54) is 11.6 Å². The molecule has 2 heterocycles. The molecule has 0 aliphatic heterocycles. The first-order valence-electron chi connectivity index (χ1n) is 6.50. The Hall–Kier alpha value is -2.14. The van der Waals surface area contributed by atoms with E-state index in [4.69, 9.17) is 14.3 Å². The van der Waals surface area contributed by atoms with Gasteiger partial charge >= 0.3 is 5.97 Å². The smallest absolute Gasteiger partial charge is 0.371 e. The monoisotopic (exact) mass is 275 g/mol. The van der Waals surface area contributed by atoms with Crippen LogP contribution in [-0.4, -0.2) is 22.7 Å². The zero-order valence-corrected chi connectivity index (χ0v) is 11.3. The first-order chi connectivity index (χ1) is 9.66. The van der Waals surface area contributed by atoms with Crippen LogP contribution in [0.4, 0.5) is 0 Å². The first kappa shape index (κ1) is 14.3. The van der Waals surface area contributed by atoms with Crippen molar-refractivity contribution in [2.45, 2.75) is 25.9 Å². The predicted octanol–water partition coefficient (Wildman–Crippen LogP) is 3.08. The number of aromatic nitrogens is 1. The van der Waals surface area contributed by atoms with E-state index in [0.29, 0.717) is 12.4 Å². The van der Waals surface area contributed by atoms with E-state index in [-0.39, 0.29) is 11.9 Å². The summed E-state index contributed by atoms with van der Waals surface area (Å²) < 4.78 is 10.8. The molecule has 1 atom stereocenters. The van der Waals surface area contributed by atoms with Crippen LogP contribution in [0.25, 0.3) is 0 Å². The summed E-state index contributed by atoms with van der Waals surface area (Å²) in [4.78, 5) is 14.7. The van der Waals surface area contributed by atoms with Gasteiger partial charge in [0.15, 0.2) is 0 Å². The van der Waals surface area contributed by atoms with Gasteiger partial charge < -0.3 is 14.3 Å². The van der Waals surface area contributed by atoms with Gasteiger partial charge in [0.2, 0.25) is 5.76 Å². The Labute approximate surface area is 117 Å². The van der Waals surface area contributed by atoms with E-state index in [1.54, 1.807) is 18.5 Å². The van der Waals surface area contributed by atoms with Crippen molar-refractivity contribution in [2.75, 3.05) is 6.61 Å². The van der Waals surface area contributed by atoms with Crippen molar-refractivity contribution in [2.24, 2.45) is 0 Å².